The third kappa shape index (κ3) is 3.89. The molecule has 0 amide bonds. The Balaban J connectivity index is 1.32. The molecule has 1 aromatic rings. The van der Waals surface area contributed by atoms with Crippen LogP contribution < -0.4 is 0 Å². The van der Waals surface area contributed by atoms with Crippen LogP contribution in [0.4, 0.5) is 13.2 Å². The minimum atomic E-state index is -4.33. The highest BCUT2D eigenvalue weighted by molar-refractivity contribution is 7.99. The zero-order chi connectivity index (χ0) is 23.6. The largest absolute Gasteiger partial charge is 0.416 e. The molecule has 3 fully saturated rings. The van der Waals surface area contributed by atoms with Crippen LogP contribution in [-0.4, -0.2) is 22.7 Å². The van der Waals surface area contributed by atoms with Gasteiger partial charge in [-0.25, -0.2) is 0 Å². The van der Waals surface area contributed by atoms with Gasteiger partial charge in [0.15, 0.2) is 0 Å². The summed E-state index contributed by atoms with van der Waals surface area (Å²) >= 11 is 1.51. The Kier molecular flexibility index (Phi) is 5.80. The second kappa shape index (κ2) is 8.15. The lowest BCUT2D eigenvalue weighted by Gasteiger charge is -2.57. The third-order valence-electron chi connectivity index (χ3n) is 9.72. The van der Waals surface area contributed by atoms with Crippen LogP contribution in [0, 0.1) is 34.5 Å². The van der Waals surface area contributed by atoms with Crippen molar-refractivity contribution in [2.45, 2.75) is 76.0 Å². The van der Waals surface area contributed by atoms with Crippen molar-refractivity contribution in [3.63, 3.8) is 0 Å². The quantitative estimate of drug-likeness (QED) is 0.379. The maximum Gasteiger partial charge on any atom is 0.416 e. The van der Waals surface area contributed by atoms with Crippen molar-refractivity contribution in [2.75, 3.05) is 5.75 Å². The number of fused-ring (bicyclic) bond motifs is 5. The van der Waals surface area contributed by atoms with Crippen LogP contribution in [0.1, 0.15) is 64.4 Å². The topological polar surface area (TPSA) is 37.3 Å². The summed E-state index contributed by atoms with van der Waals surface area (Å²) in [6.07, 6.45) is 4.34. The highest BCUT2D eigenvalue weighted by Gasteiger charge is 2.60. The van der Waals surface area contributed by atoms with Crippen LogP contribution in [0.2, 0.25) is 0 Å². The fourth-order valence-corrected chi connectivity index (χ4v) is 8.99. The number of halogens is 3. The zero-order valence-electron chi connectivity index (χ0n) is 19.3. The number of hydrogen-bond donors (Lipinski definition) is 1. The average Bonchev–Trinajstić information content (AvgIpc) is 3.02. The van der Waals surface area contributed by atoms with E-state index in [1.54, 1.807) is 0 Å². The first-order chi connectivity index (χ1) is 15.5. The Hall–Kier alpha value is -1.27. The first kappa shape index (κ1) is 23.5. The lowest BCUT2D eigenvalue weighted by Crippen LogP contribution is -2.50. The molecule has 1 aromatic carbocycles. The summed E-state index contributed by atoms with van der Waals surface area (Å²) in [5.41, 5.74) is 0.916. The maximum absolute atomic E-state index is 13.2. The van der Waals surface area contributed by atoms with E-state index in [9.17, 15) is 23.1 Å². The predicted molar refractivity (Wildman–Crippen MR) is 124 cm³/mol. The summed E-state index contributed by atoms with van der Waals surface area (Å²) in [7, 11) is 0. The van der Waals surface area contributed by atoms with Crippen LogP contribution in [0.15, 0.2) is 40.8 Å². The van der Waals surface area contributed by atoms with Gasteiger partial charge in [0.1, 0.15) is 5.78 Å². The Bertz CT molecular complexity index is 955. The van der Waals surface area contributed by atoms with Gasteiger partial charge >= 0.3 is 6.18 Å². The van der Waals surface area contributed by atoms with Crippen molar-refractivity contribution in [3.8, 4) is 0 Å². The highest BCUT2D eigenvalue weighted by Crippen LogP contribution is 2.65. The smallest absolute Gasteiger partial charge is 0.393 e. The molecule has 0 aliphatic heterocycles. The van der Waals surface area contributed by atoms with Gasteiger partial charge in [-0.3, -0.25) is 4.79 Å². The number of rotatable bonds is 3. The van der Waals surface area contributed by atoms with E-state index >= 15 is 0 Å². The summed E-state index contributed by atoms with van der Waals surface area (Å²) < 4.78 is 38.6. The second-order valence-electron chi connectivity index (χ2n) is 11.3. The molecule has 0 spiro atoms. The van der Waals surface area contributed by atoms with Crippen LogP contribution in [0.3, 0.4) is 0 Å². The Labute approximate surface area is 198 Å². The first-order valence-corrected chi connectivity index (χ1v) is 13.2. The molecule has 0 radical (unpaired) electrons. The number of carbonyl (C=O) groups excluding carboxylic acids is 1. The number of ketones is 1. The summed E-state index contributed by atoms with van der Waals surface area (Å²) in [4.78, 5) is 14.0. The van der Waals surface area contributed by atoms with Gasteiger partial charge in [0.25, 0.3) is 0 Å². The molecule has 5 rings (SSSR count). The summed E-state index contributed by atoms with van der Waals surface area (Å²) in [6.45, 7) is 4.68. The van der Waals surface area contributed by atoms with Gasteiger partial charge < -0.3 is 5.11 Å². The lowest BCUT2D eigenvalue weighted by molar-refractivity contribution is -0.137. The molecule has 4 aliphatic carbocycles. The molecule has 0 unspecified atom stereocenters. The molecule has 3 saturated carbocycles. The molecule has 1 N–H and O–H groups in total. The van der Waals surface area contributed by atoms with Gasteiger partial charge in [-0.1, -0.05) is 25.5 Å². The summed E-state index contributed by atoms with van der Waals surface area (Å²) in [5, 5.41) is 10.2. The molecule has 2 nitrogen and oxygen atoms in total. The van der Waals surface area contributed by atoms with Gasteiger partial charge in [-0.15, -0.1) is 11.8 Å². The van der Waals surface area contributed by atoms with Gasteiger partial charge in [0.2, 0.25) is 0 Å². The van der Waals surface area contributed by atoms with E-state index in [1.807, 2.05) is 0 Å². The molecule has 180 valence electrons. The van der Waals surface area contributed by atoms with Crippen LogP contribution in [-0.2, 0) is 11.0 Å². The standard InChI is InChI=1S/C27H33F3O2S/c1-25-11-9-18(31)13-17(25)5-8-20-21(25)10-12-26(2)22(20)14-24(32)23(26)15-33-19-6-3-16(4-7-19)27(28,29)30/h3-7,18,20-23,31H,8-15H2,1-2H3/t18-,20+,21-,22-,23-,25-,26-/m0/s1. The Morgan fingerprint density at radius 2 is 1.79 bits per heavy atom. The van der Waals surface area contributed by atoms with E-state index in [2.05, 4.69) is 19.9 Å². The summed E-state index contributed by atoms with van der Waals surface area (Å²) in [6, 6.07) is 5.30. The van der Waals surface area contributed by atoms with Crippen molar-refractivity contribution in [1.82, 2.24) is 0 Å². The second-order valence-corrected chi connectivity index (χ2v) is 12.4. The van der Waals surface area contributed by atoms with Crippen molar-refractivity contribution in [1.29, 1.82) is 0 Å². The van der Waals surface area contributed by atoms with Crippen LogP contribution >= 0.6 is 11.8 Å². The van der Waals surface area contributed by atoms with Crippen molar-refractivity contribution >= 4 is 17.5 Å². The maximum atomic E-state index is 13.2. The lowest BCUT2D eigenvalue weighted by atomic mass is 9.47. The number of benzene rings is 1. The number of aliphatic hydroxyl groups excluding tert-OH is 1. The highest BCUT2D eigenvalue weighted by atomic mass is 32.2. The van der Waals surface area contributed by atoms with Crippen LogP contribution in [0.25, 0.3) is 0 Å². The molecular formula is C27H33F3O2S. The van der Waals surface area contributed by atoms with Crippen molar-refractivity contribution in [3.05, 3.63) is 41.5 Å². The van der Waals surface area contributed by atoms with Gasteiger partial charge in [0.05, 0.1) is 11.7 Å². The molecule has 0 aromatic heterocycles. The van der Waals surface area contributed by atoms with Crippen molar-refractivity contribution in [2.24, 2.45) is 34.5 Å². The SMILES string of the molecule is C[C@]12CC[C@H]3[C@@H](CC=C4C[C@@H](O)CC[C@@]43C)[C@@H]1CC(=O)[C@@H]2CSc1ccc(C(F)(F)F)cc1. The first-order valence-electron chi connectivity index (χ1n) is 12.2. The number of thioether (sulfide) groups is 1. The normalized spacial score (nSPS) is 40.6. The Morgan fingerprint density at radius 1 is 1.06 bits per heavy atom. The van der Waals surface area contributed by atoms with Gasteiger partial charge in [0, 0.05) is 23.0 Å². The number of aliphatic hydroxyl groups is 1. The number of Topliss-reactive ketones (excluding diaryl/α,β-unsaturated/α-hetero) is 1. The number of hydrogen-bond acceptors (Lipinski definition) is 3. The van der Waals surface area contributed by atoms with E-state index in [-0.39, 0.29) is 22.9 Å². The molecule has 0 bridgehead atoms. The number of allylic oxidation sites excluding steroid dienone is 1. The molecule has 4 aliphatic rings. The fourth-order valence-electron chi connectivity index (χ4n) is 7.74. The molecule has 0 heterocycles. The average molecular weight is 479 g/mol. The molecule has 7 atom stereocenters. The zero-order valence-corrected chi connectivity index (χ0v) is 20.1. The van der Waals surface area contributed by atoms with E-state index in [0.717, 1.165) is 55.6 Å². The van der Waals surface area contributed by atoms with Gasteiger partial charge in [-0.2, -0.15) is 13.2 Å². The van der Waals surface area contributed by atoms with Gasteiger partial charge in [-0.05, 0) is 91.4 Å². The Morgan fingerprint density at radius 3 is 2.48 bits per heavy atom. The molecule has 0 saturated heterocycles. The number of alkyl halides is 3. The molecule has 33 heavy (non-hydrogen) atoms. The summed E-state index contributed by atoms with van der Waals surface area (Å²) in [5.74, 6) is 2.40. The van der Waals surface area contributed by atoms with E-state index in [1.165, 1.54) is 29.5 Å². The monoisotopic (exact) mass is 478 g/mol. The third-order valence-corrected chi connectivity index (χ3v) is 10.8. The molecular weight excluding hydrogens is 445 g/mol. The van der Waals surface area contributed by atoms with E-state index in [4.69, 9.17) is 0 Å². The van der Waals surface area contributed by atoms with Crippen LogP contribution in [0.5, 0.6) is 0 Å². The minimum absolute atomic E-state index is 0.0347. The number of carbonyl (C=O) groups is 1. The predicted octanol–water partition coefficient (Wildman–Crippen LogP) is 6.92. The molecule has 6 heteroatoms. The van der Waals surface area contributed by atoms with Crippen molar-refractivity contribution < 1.29 is 23.1 Å². The van der Waals surface area contributed by atoms with E-state index < -0.39 is 11.7 Å². The minimum Gasteiger partial charge on any atom is -0.393 e. The fraction of sp³-hybridized carbons (Fsp3) is 0.667. The van der Waals surface area contributed by atoms with E-state index in [0.29, 0.717) is 35.7 Å².